The summed E-state index contributed by atoms with van der Waals surface area (Å²) in [6.07, 6.45) is -0.650. The molecule has 12 nitrogen and oxygen atoms in total. The van der Waals surface area contributed by atoms with E-state index in [9.17, 15) is 29.1 Å². The fourth-order valence-corrected chi connectivity index (χ4v) is 2.42. The molecule has 0 spiro atoms. The summed E-state index contributed by atoms with van der Waals surface area (Å²) in [4.78, 5) is 58.6. The Morgan fingerprint density at radius 1 is 0.871 bits per heavy atom. The summed E-state index contributed by atoms with van der Waals surface area (Å²) < 4.78 is 0. The Morgan fingerprint density at radius 2 is 1.42 bits per heavy atom. The van der Waals surface area contributed by atoms with E-state index in [2.05, 4.69) is 16.0 Å². The minimum absolute atomic E-state index is 0.0600. The quantitative estimate of drug-likeness (QED) is 0.210. The van der Waals surface area contributed by atoms with Gasteiger partial charge in [0.1, 0.15) is 23.9 Å². The van der Waals surface area contributed by atoms with Gasteiger partial charge in [-0.25, -0.2) is 0 Å². The van der Waals surface area contributed by atoms with Gasteiger partial charge in [0.15, 0.2) is 0 Å². The van der Waals surface area contributed by atoms with E-state index < -0.39 is 60.2 Å². The lowest BCUT2D eigenvalue weighted by molar-refractivity contribution is -0.143. The van der Waals surface area contributed by atoms with Gasteiger partial charge >= 0.3 is 11.9 Å². The standard InChI is InChI=1S/C19H26N4O8/c1-9(21-17(28)13(20)7-11-3-5-12(24)6-4-11)16(27)23-14(8-15(25)26)18(29)22-10(2)19(30)31/h3-6,9-10,13-14,24H,7-8,20H2,1-2H3,(H,21,28)(H,22,29)(H,23,27)(H,25,26)(H,30,31). The van der Waals surface area contributed by atoms with Gasteiger partial charge in [-0.15, -0.1) is 0 Å². The minimum atomic E-state index is -1.54. The number of amides is 3. The third-order valence-corrected chi connectivity index (χ3v) is 4.22. The SMILES string of the molecule is CC(NC(=O)C(CC(=O)O)NC(=O)C(C)NC(=O)C(N)Cc1ccc(O)cc1)C(=O)O. The van der Waals surface area contributed by atoms with Crippen molar-refractivity contribution in [2.75, 3.05) is 0 Å². The van der Waals surface area contributed by atoms with E-state index in [1.54, 1.807) is 12.1 Å². The van der Waals surface area contributed by atoms with Crippen LogP contribution in [0.25, 0.3) is 0 Å². The number of rotatable bonds is 11. The fraction of sp³-hybridized carbons (Fsp3) is 0.421. The van der Waals surface area contributed by atoms with Crippen LogP contribution in [0.4, 0.5) is 0 Å². The zero-order valence-electron chi connectivity index (χ0n) is 17.0. The highest BCUT2D eigenvalue weighted by Crippen LogP contribution is 2.11. The molecule has 0 aliphatic heterocycles. The summed E-state index contributed by atoms with van der Waals surface area (Å²) in [6, 6.07) is 1.06. The molecule has 1 aromatic rings. The Bertz CT molecular complexity index is 827. The molecule has 3 amide bonds. The molecule has 12 heteroatoms. The molecule has 4 atom stereocenters. The molecule has 1 aromatic carbocycles. The van der Waals surface area contributed by atoms with Crippen molar-refractivity contribution in [2.45, 2.75) is 50.9 Å². The van der Waals surface area contributed by atoms with Crippen LogP contribution in [0.5, 0.6) is 5.75 Å². The molecule has 0 aliphatic carbocycles. The molecule has 8 N–H and O–H groups in total. The number of carboxylic acid groups (broad SMARTS) is 2. The second-order valence-electron chi connectivity index (χ2n) is 6.93. The number of carboxylic acids is 2. The highest BCUT2D eigenvalue weighted by molar-refractivity contribution is 5.95. The maximum atomic E-state index is 12.3. The van der Waals surface area contributed by atoms with Crippen molar-refractivity contribution in [2.24, 2.45) is 5.73 Å². The lowest BCUT2D eigenvalue weighted by Crippen LogP contribution is -2.56. The largest absolute Gasteiger partial charge is 0.508 e. The van der Waals surface area contributed by atoms with E-state index in [1.807, 2.05) is 0 Å². The van der Waals surface area contributed by atoms with Crippen LogP contribution in [0, 0.1) is 0 Å². The Morgan fingerprint density at radius 3 is 1.94 bits per heavy atom. The number of nitrogens with two attached hydrogens (primary N) is 1. The lowest BCUT2D eigenvalue weighted by atomic mass is 10.1. The number of nitrogens with one attached hydrogen (secondary N) is 3. The number of benzene rings is 1. The van der Waals surface area contributed by atoms with E-state index >= 15 is 0 Å². The highest BCUT2D eigenvalue weighted by Gasteiger charge is 2.29. The van der Waals surface area contributed by atoms with Crippen molar-refractivity contribution < 1.29 is 39.3 Å². The molecule has 0 bridgehead atoms. The Hall–Kier alpha value is -3.67. The molecule has 0 radical (unpaired) electrons. The molecule has 0 saturated heterocycles. The van der Waals surface area contributed by atoms with Crippen molar-refractivity contribution in [3.05, 3.63) is 29.8 Å². The molecule has 1 rings (SSSR count). The topological polar surface area (TPSA) is 208 Å². The zero-order valence-corrected chi connectivity index (χ0v) is 17.0. The van der Waals surface area contributed by atoms with Crippen molar-refractivity contribution in [3.8, 4) is 5.75 Å². The smallest absolute Gasteiger partial charge is 0.325 e. The van der Waals surface area contributed by atoms with Crippen LogP contribution >= 0.6 is 0 Å². The Labute approximate surface area is 177 Å². The van der Waals surface area contributed by atoms with Crippen LogP contribution < -0.4 is 21.7 Å². The maximum absolute atomic E-state index is 12.3. The van der Waals surface area contributed by atoms with Crippen LogP contribution in [0.1, 0.15) is 25.8 Å². The molecule has 0 saturated carbocycles. The Balaban J connectivity index is 2.69. The predicted octanol–water partition coefficient (Wildman–Crippen LogP) is -1.68. The predicted molar refractivity (Wildman–Crippen MR) is 107 cm³/mol. The fourth-order valence-electron chi connectivity index (χ4n) is 2.42. The number of hydrogen-bond donors (Lipinski definition) is 7. The number of aromatic hydroxyl groups is 1. The third-order valence-electron chi connectivity index (χ3n) is 4.22. The average Bonchev–Trinajstić information content (AvgIpc) is 2.68. The van der Waals surface area contributed by atoms with Gasteiger partial charge in [0.25, 0.3) is 0 Å². The summed E-state index contributed by atoms with van der Waals surface area (Å²) in [6.45, 7) is 2.49. The first-order valence-corrected chi connectivity index (χ1v) is 9.30. The van der Waals surface area contributed by atoms with E-state index in [0.717, 1.165) is 0 Å². The third kappa shape index (κ3) is 8.70. The first-order chi connectivity index (χ1) is 14.4. The number of carbonyl (C=O) groups is 5. The molecular formula is C19H26N4O8. The average molecular weight is 438 g/mol. The zero-order chi connectivity index (χ0) is 23.7. The van der Waals surface area contributed by atoms with Crippen LogP contribution in [-0.2, 0) is 30.4 Å². The first-order valence-electron chi connectivity index (χ1n) is 9.30. The molecule has 0 aromatic heterocycles. The summed E-state index contributed by atoms with van der Waals surface area (Å²) in [5.74, 6) is -5.17. The Kier molecular flexibility index (Phi) is 9.41. The number of phenolic OH excluding ortho intramolecular Hbond substituents is 1. The molecular weight excluding hydrogens is 412 g/mol. The van der Waals surface area contributed by atoms with E-state index in [0.29, 0.717) is 5.56 Å². The molecule has 170 valence electrons. The summed E-state index contributed by atoms with van der Waals surface area (Å²) in [5.41, 5.74) is 6.51. The van der Waals surface area contributed by atoms with Crippen LogP contribution in [0.2, 0.25) is 0 Å². The van der Waals surface area contributed by atoms with Gasteiger partial charge in [-0.1, -0.05) is 12.1 Å². The lowest BCUT2D eigenvalue weighted by Gasteiger charge is -2.22. The van der Waals surface area contributed by atoms with Gasteiger partial charge in [-0.2, -0.15) is 0 Å². The normalized spacial score (nSPS) is 14.4. The number of carbonyl (C=O) groups excluding carboxylic acids is 3. The summed E-state index contributed by atoms with van der Waals surface area (Å²) in [5, 5.41) is 33.7. The van der Waals surface area contributed by atoms with Gasteiger partial charge in [0, 0.05) is 0 Å². The molecule has 31 heavy (non-hydrogen) atoms. The van der Waals surface area contributed by atoms with Gasteiger partial charge in [0.05, 0.1) is 12.5 Å². The highest BCUT2D eigenvalue weighted by atomic mass is 16.4. The molecule has 0 fully saturated rings. The van der Waals surface area contributed by atoms with Crippen molar-refractivity contribution in [1.82, 2.24) is 16.0 Å². The number of phenols is 1. The first kappa shape index (κ1) is 25.4. The van der Waals surface area contributed by atoms with Gasteiger partial charge in [-0.05, 0) is 38.0 Å². The van der Waals surface area contributed by atoms with Crippen LogP contribution in [-0.4, -0.2) is 69.1 Å². The van der Waals surface area contributed by atoms with Crippen LogP contribution in [0.15, 0.2) is 24.3 Å². The van der Waals surface area contributed by atoms with E-state index in [4.69, 9.17) is 15.9 Å². The minimum Gasteiger partial charge on any atom is -0.508 e. The maximum Gasteiger partial charge on any atom is 0.325 e. The van der Waals surface area contributed by atoms with Gasteiger partial charge in [0.2, 0.25) is 17.7 Å². The van der Waals surface area contributed by atoms with Crippen LogP contribution in [0.3, 0.4) is 0 Å². The van der Waals surface area contributed by atoms with E-state index in [1.165, 1.54) is 26.0 Å². The number of hydrogen-bond acceptors (Lipinski definition) is 7. The summed E-state index contributed by atoms with van der Waals surface area (Å²) >= 11 is 0. The second-order valence-corrected chi connectivity index (χ2v) is 6.93. The monoisotopic (exact) mass is 438 g/mol. The van der Waals surface area contributed by atoms with Crippen molar-refractivity contribution in [1.29, 1.82) is 0 Å². The van der Waals surface area contributed by atoms with Crippen molar-refractivity contribution >= 4 is 29.7 Å². The van der Waals surface area contributed by atoms with Gasteiger partial charge < -0.3 is 37.0 Å². The van der Waals surface area contributed by atoms with Crippen molar-refractivity contribution in [3.63, 3.8) is 0 Å². The van der Waals surface area contributed by atoms with Gasteiger partial charge in [-0.3, -0.25) is 24.0 Å². The molecule has 0 heterocycles. The number of aliphatic carboxylic acids is 2. The molecule has 0 aliphatic rings. The second kappa shape index (κ2) is 11.5. The summed E-state index contributed by atoms with van der Waals surface area (Å²) in [7, 11) is 0. The van der Waals surface area contributed by atoms with E-state index in [-0.39, 0.29) is 12.2 Å². The molecule has 4 unspecified atom stereocenters.